The average Bonchev–Trinajstić information content (AvgIpc) is 2.51. The van der Waals surface area contributed by atoms with E-state index >= 15 is 0 Å². The molecular weight excluding hydrogens is 304 g/mol. The van der Waals surface area contributed by atoms with Crippen molar-refractivity contribution in [3.05, 3.63) is 65.7 Å². The summed E-state index contributed by atoms with van der Waals surface area (Å²) in [6.45, 7) is 0. The van der Waals surface area contributed by atoms with E-state index in [0.29, 0.717) is 12.8 Å². The molecule has 0 saturated heterocycles. The number of carbonyl (C=O) groups excluding carboxylic acids is 1. The highest BCUT2D eigenvalue weighted by atomic mass is 32.2. The van der Waals surface area contributed by atoms with E-state index in [-0.39, 0.29) is 11.6 Å². The van der Waals surface area contributed by atoms with Crippen LogP contribution in [-0.2, 0) is 10.5 Å². The van der Waals surface area contributed by atoms with Crippen LogP contribution in [-0.4, -0.2) is 11.7 Å². The average molecular weight is 321 g/mol. The van der Waals surface area contributed by atoms with E-state index in [2.05, 4.69) is 17.4 Å². The number of hydrogen-bond acceptors (Lipinski definition) is 2. The summed E-state index contributed by atoms with van der Waals surface area (Å²) < 4.78 is 26.1. The Balaban J connectivity index is 1.65. The molecule has 0 radical (unpaired) electrons. The summed E-state index contributed by atoms with van der Waals surface area (Å²) in [5.74, 6) is 0.0916. The van der Waals surface area contributed by atoms with Crippen LogP contribution in [0.4, 0.5) is 14.5 Å². The number of rotatable bonds is 7. The first-order chi connectivity index (χ1) is 10.6. The van der Waals surface area contributed by atoms with Gasteiger partial charge in [-0.05, 0) is 29.9 Å². The van der Waals surface area contributed by atoms with Crippen LogP contribution in [0, 0.1) is 11.6 Å². The highest BCUT2D eigenvalue weighted by Crippen LogP contribution is 2.16. The second-order valence-electron chi connectivity index (χ2n) is 4.81. The molecule has 0 aliphatic carbocycles. The first kappa shape index (κ1) is 16.5. The van der Waals surface area contributed by atoms with Gasteiger partial charge in [-0.2, -0.15) is 11.8 Å². The first-order valence-corrected chi connectivity index (χ1v) is 8.17. The fourth-order valence-corrected chi connectivity index (χ4v) is 2.82. The Morgan fingerprint density at radius 2 is 1.86 bits per heavy atom. The summed E-state index contributed by atoms with van der Waals surface area (Å²) in [5.41, 5.74) is 1.27. The van der Waals surface area contributed by atoms with Crippen LogP contribution in [0.25, 0.3) is 0 Å². The van der Waals surface area contributed by atoms with E-state index in [1.807, 2.05) is 18.2 Å². The molecule has 0 spiro atoms. The third kappa shape index (κ3) is 5.48. The Kier molecular flexibility index (Phi) is 6.40. The molecule has 2 aromatic rings. The third-order valence-electron chi connectivity index (χ3n) is 3.01. The van der Waals surface area contributed by atoms with Crippen molar-refractivity contribution in [1.82, 2.24) is 0 Å². The van der Waals surface area contributed by atoms with Crippen molar-refractivity contribution in [3.8, 4) is 0 Å². The molecule has 0 heterocycles. The molecule has 0 atom stereocenters. The zero-order chi connectivity index (χ0) is 15.8. The summed E-state index contributed by atoms with van der Waals surface area (Å²) in [4.78, 5) is 11.7. The van der Waals surface area contributed by atoms with Gasteiger partial charge in [0.15, 0.2) is 0 Å². The van der Waals surface area contributed by atoms with Crippen LogP contribution in [0.5, 0.6) is 0 Å². The van der Waals surface area contributed by atoms with E-state index < -0.39 is 11.6 Å². The van der Waals surface area contributed by atoms with Gasteiger partial charge >= 0.3 is 0 Å². The molecule has 1 amide bonds. The summed E-state index contributed by atoms with van der Waals surface area (Å²) in [7, 11) is 0. The van der Waals surface area contributed by atoms with Gasteiger partial charge in [0.05, 0.1) is 5.69 Å². The van der Waals surface area contributed by atoms with Gasteiger partial charge in [-0.25, -0.2) is 8.78 Å². The van der Waals surface area contributed by atoms with Gasteiger partial charge in [0.1, 0.15) is 11.6 Å². The molecule has 2 rings (SSSR count). The van der Waals surface area contributed by atoms with Crippen molar-refractivity contribution >= 4 is 23.4 Å². The van der Waals surface area contributed by atoms with Gasteiger partial charge in [-0.1, -0.05) is 30.3 Å². The molecule has 2 aromatic carbocycles. The van der Waals surface area contributed by atoms with E-state index in [4.69, 9.17) is 0 Å². The van der Waals surface area contributed by atoms with E-state index in [0.717, 1.165) is 23.6 Å². The van der Waals surface area contributed by atoms with Crippen molar-refractivity contribution < 1.29 is 13.6 Å². The minimum absolute atomic E-state index is 0.0170. The molecule has 0 bridgehead atoms. The molecule has 116 valence electrons. The lowest BCUT2D eigenvalue weighted by Gasteiger charge is -2.06. The largest absolute Gasteiger partial charge is 0.324 e. The molecular formula is C17H17F2NOS. The van der Waals surface area contributed by atoms with Gasteiger partial charge in [0.2, 0.25) is 5.91 Å². The van der Waals surface area contributed by atoms with Gasteiger partial charge < -0.3 is 5.32 Å². The van der Waals surface area contributed by atoms with E-state index in [9.17, 15) is 13.6 Å². The monoisotopic (exact) mass is 321 g/mol. The standard InChI is InChI=1S/C17H17F2NOS/c18-14-8-9-16(15(19)11-14)20-17(21)7-4-10-22-12-13-5-2-1-3-6-13/h1-3,5-6,8-9,11H,4,7,10,12H2,(H,20,21). The minimum atomic E-state index is -0.758. The first-order valence-electron chi connectivity index (χ1n) is 7.02. The van der Waals surface area contributed by atoms with Crippen LogP contribution in [0.15, 0.2) is 48.5 Å². The Morgan fingerprint density at radius 1 is 1.09 bits per heavy atom. The molecule has 1 N–H and O–H groups in total. The number of hydrogen-bond donors (Lipinski definition) is 1. The quantitative estimate of drug-likeness (QED) is 0.754. The molecule has 5 heteroatoms. The lowest BCUT2D eigenvalue weighted by Crippen LogP contribution is -2.12. The van der Waals surface area contributed by atoms with Gasteiger partial charge in [-0.15, -0.1) is 0 Å². The predicted molar refractivity (Wildman–Crippen MR) is 86.8 cm³/mol. The zero-order valence-electron chi connectivity index (χ0n) is 12.0. The molecule has 0 saturated carbocycles. The van der Waals surface area contributed by atoms with Crippen LogP contribution in [0.2, 0.25) is 0 Å². The smallest absolute Gasteiger partial charge is 0.224 e. The van der Waals surface area contributed by atoms with E-state index in [1.54, 1.807) is 11.8 Å². The summed E-state index contributed by atoms with van der Waals surface area (Å²) in [5, 5.41) is 2.46. The highest BCUT2D eigenvalue weighted by molar-refractivity contribution is 7.98. The zero-order valence-corrected chi connectivity index (χ0v) is 12.8. The Hall–Kier alpha value is -1.88. The molecule has 2 nitrogen and oxygen atoms in total. The third-order valence-corrected chi connectivity index (χ3v) is 4.12. The molecule has 0 fully saturated rings. The van der Waals surface area contributed by atoms with Crippen molar-refractivity contribution in [1.29, 1.82) is 0 Å². The second-order valence-corrected chi connectivity index (χ2v) is 5.92. The number of thioether (sulfide) groups is 1. The Bertz CT molecular complexity index is 619. The maximum atomic E-state index is 13.4. The maximum absolute atomic E-state index is 13.4. The number of nitrogens with one attached hydrogen (secondary N) is 1. The van der Waals surface area contributed by atoms with Crippen LogP contribution < -0.4 is 5.32 Å². The summed E-state index contributed by atoms with van der Waals surface area (Å²) in [6, 6.07) is 13.2. The topological polar surface area (TPSA) is 29.1 Å². The second kappa shape index (κ2) is 8.54. The van der Waals surface area contributed by atoms with E-state index in [1.165, 1.54) is 11.6 Å². The van der Waals surface area contributed by atoms with Gasteiger partial charge in [-0.3, -0.25) is 4.79 Å². The summed E-state index contributed by atoms with van der Waals surface area (Å²) in [6.07, 6.45) is 1.03. The minimum Gasteiger partial charge on any atom is -0.324 e. The molecule has 0 aliphatic heterocycles. The molecule has 22 heavy (non-hydrogen) atoms. The number of halogens is 2. The van der Waals surface area contributed by atoms with Crippen molar-refractivity contribution in [3.63, 3.8) is 0 Å². The van der Waals surface area contributed by atoms with Crippen LogP contribution in [0.1, 0.15) is 18.4 Å². The van der Waals surface area contributed by atoms with Crippen LogP contribution >= 0.6 is 11.8 Å². The maximum Gasteiger partial charge on any atom is 0.224 e. The number of carbonyl (C=O) groups is 1. The van der Waals surface area contributed by atoms with Crippen molar-refractivity contribution in [2.45, 2.75) is 18.6 Å². The molecule has 0 aromatic heterocycles. The van der Waals surface area contributed by atoms with Gasteiger partial charge in [0.25, 0.3) is 0 Å². The molecule has 0 aliphatic rings. The SMILES string of the molecule is O=C(CCCSCc1ccccc1)Nc1ccc(F)cc1F. The number of anilines is 1. The van der Waals surface area contributed by atoms with Crippen molar-refractivity contribution in [2.75, 3.05) is 11.1 Å². The Labute approximate surface area is 132 Å². The number of amides is 1. The molecule has 0 unspecified atom stereocenters. The predicted octanol–water partition coefficient (Wildman–Crippen LogP) is 4.62. The summed E-state index contributed by atoms with van der Waals surface area (Å²) >= 11 is 1.76. The highest BCUT2D eigenvalue weighted by Gasteiger charge is 2.07. The van der Waals surface area contributed by atoms with Crippen LogP contribution in [0.3, 0.4) is 0 Å². The Morgan fingerprint density at radius 3 is 2.59 bits per heavy atom. The fraction of sp³-hybridized carbons (Fsp3) is 0.235. The normalized spacial score (nSPS) is 10.5. The van der Waals surface area contributed by atoms with Crippen molar-refractivity contribution in [2.24, 2.45) is 0 Å². The number of benzene rings is 2. The fourth-order valence-electron chi connectivity index (χ4n) is 1.90. The lowest BCUT2D eigenvalue weighted by atomic mass is 10.2. The lowest BCUT2D eigenvalue weighted by molar-refractivity contribution is -0.116. The van der Waals surface area contributed by atoms with Gasteiger partial charge in [0, 0.05) is 18.2 Å².